The number of hydrogen-bond donors (Lipinski definition) is 1. The van der Waals surface area contributed by atoms with Gasteiger partial charge < -0.3 is 5.21 Å². The molecule has 0 unspecified atom stereocenters. The summed E-state index contributed by atoms with van der Waals surface area (Å²) in [5, 5.41) is 42.5. The smallest absolute Gasteiger partial charge is 0.291 e. The Morgan fingerprint density at radius 1 is 1.12 bits per heavy atom. The van der Waals surface area contributed by atoms with Gasteiger partial charge in [-0.2, -0.15) is 10.5 Å². The van der Waals surface area contributed by atoms with E-state index in [1.54, 1.807) is 24.3 Å². The molecule has 0 amide bonds. The van der Waals surface area contributed by atoms with Crippen LogP contribution in [0.3, 0.4) is 0 Å². The summed E-state index contributed by atoms with van der Waals surface area (Å²) in [5.74, 6) is 0. The Bertz CT molecular complexity index is 406. The molecule has 16 heavy (non-hydrogen) atoms. The van der Waals surface area contributed by atoms with E-state index in [9.17, 15) is 0 Å². The highest BCUT2D eigenvalue weighted by molar-refractivity contribution is 5.44. The molecule has 0 aliphatic carbocycles. The summed E-state index contributed by atoms with van der Waals surface area (Å²) in [7, 11) is 0. The molecule has 0 atom stereocenters. The fourth-order valence-corrected chi connectivity index (χ4v) is 0.678. The molecular formula is C8H5N5O3. The molecule has 80 valence electrons. The molecule has 1 N–H and O–H groups in total. The number of nitrogens with zero attached hydrogens (tertiary/aromatic N) is 5. The first-order valence-corrected chi connectivity index (χ1v) is 3.54. The van der Waals surface area contributed by atoms with Gasteiger partial charge in [0.25, 0.3) is 5.09 Å². The molecule has 0 aliphatic heterocycles. The van der Waals surface area contributed by atoms with E-state index in [0.29, 0.717) is 11.1 Å². The summed E-state index contributed by atoms with van der Waals surface area (Å²) in [6.07, 6.45) is 0. The Morgan fingerprint density at radius 3 is 1.56 bits per heavy atom. The Balaban J connectivity index is 0. The zero-order valence-electron chi connectivity index (χ0n) is 7.81. The highest BCUT2D eigenvalue weighted by Crippen LogP contribution is 2.03. The third-order valence-corrected chi connectivity index (χ3v) is 1.17. The van der Waals surface area contributed by atoms with Gasteiger partial charge in [-0.1, -0.05) is 12.1 Å². The molecule has 8 nitrogen and oxygen atoms in total. The van der Waals surface area contributed by atoms with E-state index in [1.165, 1.54) is 0 Å². The van der Waals surface area contributed by atoms with E-state index in [2.05, 4.69) is 0 Å². The van der Waals surface area contributed by atoms with Gasteiger partial charge in [0.2, 0.25) is 0 Å². The summed E-state index contributed by atoms with van der Waals surface area (Å²) >= 11 is 0. The first-order chi connectivity index (χ1) is 7.61. The molecule has 0 spiro atoms. The Labute approximate surface area is 90.1 Å². The van der Waals surface area contributed by atoms with Gasteiger partial charge in [-0.15, -0.1) is 10.1 Å². The lowest BCUT2D eigenvalue weighted by molar-refractivity contribution is -0.742. The number of hydrogen-bond acceptors (Lipinski definition) is 6. The van der Waals surface area contributed by atoms with Crippen LogP contribution >= 0.6 is 0 Å². The maximum atomic E-state index is 8.45. The lowest BCUT2D eigenvalue weighted by atomic mass is 10.1. The number of nitriles is 2. The quantitative estimate of drug-likeness (QED) is 0.388. The van der Waals surface area contributed by atoms with Crippen molar-refractivity contribution in [3.8, 4) is 12.1 Å². The Hall–Kier alpha value is -3.18. The second-order valence-electron chi connectivity index (χ2n) is 2.01. The fourth-order valence-electron chi connectivity index (χ4n) is 0.678. The van der Waals surface area contributed by atoms with Crippen LogP contribution in [0.1, 0.15) is 11.1 Å². The second-order valence-corrected chi connectivity index (χ2v) is 2.01. The molecule has 0 radical (unpaired) electrons. The Morgan fingerprint density at radius 2 is 1.38 bits per heavy atom. The van der Waals surface area contributed by atoms with Crippen LogP contribution in [0.2, 0.25) is 0 Å². The maximum absolute atomic E-state index is 8.45. The highest BCUT2D eigenvalue weighted by atomic mass is 16.9. The van der Waals surface area contributed by atoms with Crippen LogP contribution < -0.4 is 0 Å². The average Bonchev–Trinajstić information content (AvgIpc) is 2.31. The summed E-state index contributed by atoms with van der Waals surface area (Å²) in [4.78, 5) is 8.36. The van der Waals surface area contributed by atoms with Gasteiger partial charge in [-0.3, -0.25) is 0 Å². The molecule has 1 aromatic carbocycles. The zero-order valence-corrected chi connectivity index (χ0v) is 7.81. The molecule has 0 fully saturated rings. The van der Waals surface area contributed by atoms with Gasteiger partial charge in [0, 0.05) is 10.8 Å². The van der Waals surface area contributed by atoms with E-state index in [0.717, 1.165) is 0 Å². The van der Waals surface area contributed by atoms with Crippen molar-refractivity contribution < 1.29 is 10.3 Å². The van der Waals surface area contributed by atoms with Crippen LogP contribution in [0.4, 0.5) is 0 Å². The third kappa shape index (κ3) is 7.47. The van der Waals surface area contributed by atoms with Crippen molar-refractivity contribution in [2.24, 2.45) is 0 Å². The molecule has 0 heterocycles. The number of rotatable bonds is 0. The molecule has 1 aromatic rings. The van der Waals surface area contributed by atoms with Crippen molar-refractivity contribution >= 4 is 0 Å². The van der Waals surface area contributed by atoms with E-state index in [4.69, 9.17) is 36.6 Å². The molecule has 0 aromatic heterocycles. The van der Waals surface area contributed by atoms with Gasteiger partial charge in [0.1, 0.15) is 12.1 Å². The second kappa shape index (κ2) is 9.90. The minimum atomic E-state index is -1.50. The molecular weight excluding hydrogens is 214 g/mol. The Kier molecular flexibility index (Phi) is 9.47. The van der Waals surface area contributed by atoms with E-state index in [-0.39, 0.29) is 0 Å². The van der Waals surface area contributed by atoms with Gasteiger partial charge >= 0.3 is 0 Å². The van der Waals surface area contributed by atoms with Crippen molar-refractivity contribution in [3.63, 3.8) is 0 Å². The summed E-state index contributed by atoms with van der Waals surface area (Å²) < 4.78 is 0. The predicted molar refractivity (Wildman–Crippen MR) is 48.1 cm³/mol. The molecule has 8 heteroatoms. The SMILES string of the molecule is N#Cc1ccccc1C#N.N#N.O=[N+]([O-])O. The van der Waals surface area contributed by atoms with Crippen LogP contribution in [-0.4, -0.2) is 10.3 Å². The van der Waals surface area contributed by atoms with Gasteiger partial charge in [0.05, 0.1) is 11.1 Å². The first-order valence-electron chi connectivity index (χ1n) is 3.54. The van der Waals surface area contributed by atoms with Crippen LogP contribution in [0, 0.1) is 43.6 Å². The fraction of sp³-hybridized carbons (Fsp3) is 0. The van der Waals surface area contributed by atoms with Gasteiger partial charge in [-0.05, 0) is 12.1 Å². The van der Waals surface area contributed by atoms with Crippen molar-refractivity contribution in [2.75, 3.05) is 0 Å². The van der Waals surface area contributed by atoms with Crippen LogP contribution in [-0.2, 0) is 0 Å². The van der Waals surface area contributed by atoms with Crippen LogP contribution in [0.15, 0.2) is 24.3 Å². The summed E-state index contributed by atoms with van der Waals surface area (Å²) in [5.41, 5.74) is 0.870. The molecule has 0 saturated carbocycles. The monoisotopic (exact) mass is 219 g/mol. The molecule has 0 bridgehead atoms. The topological polar surface area (TPSA) is 159 Å². The lowest BCUT2D eigenvalue weighted by Crippen LogP contribution is -1.81. The summed E-state index contributed by atoms with van der Waals surface area (Å²) in [6.45, 7) is 0. The van der Waals surface area contributed by atoms with Crippen molar-refractivity contribution in [1.82, 2.24) is 0 Å². The van der Waals surface area contributed by atoms with Crippen LogP contribution in [0.25, 0.3) is 0 Å². The average molecular weight is 219 g/mol. The molecule has 0 aliphatic rings. The van der Waals surface area contributed by atoms with E-state index >= 15 is 0 Å². The first kappa shape index (κ1) is 15.3. The number of benzene rings is 1. The van der Waals surface area contributed by atoms with Crippen molar-refractivity contribution in [2.45, 2.75) is 0 Å². The standard InChI is InChI=1S/C8H4N2.N2.HNO3/c9-5-7-3-1-2-4-8(7)6-10;1-2;2-1(3)4/h1-4H;;(H,2,3,4). The van der Waals surface area contributed by atoms with Gasteiger partial charge in [0.15, 0.2) is 0 Å². The van der Waals surface area contributed by atoms with E-state index < -0.39 is 5.09 Å². The molecule has 0 saturated heterocycles. The van der Waals surface area contributed by atoms with Crippen molar-refractivity contribution in [1.29, 1.82) is 21.3 Å². The third-order valence-electron chi connectivity index (χ3n) is 1.17. The minimum Gasteiger partial charge on any atom is -0.328 e. The van der Waals surface area contributed by atoms with Gasteiger partial charge in [-0.25, -0.2) is 0 Å². The normalized spacial score (nSPS) is 6.50. The van der Waals surface area contributed by atoms with E-state index in [1.807, 2.05) is 12.1 Å². The molecule has 1 rings (SSSR count). The predicted octanol–water partition coefficient (Wildman–Crippen LogP) is 1.11. The van der Waals surface area contributed by atoms with Crippen molar-refractivity contribution in [3.05, 3.63) is 45.5 Å². The minimum absolute atomic E-state index is 0.435. The highest BCUT2D eigenvalue weighted by Gasteiger charge is 1.95. The summed E-state index contributed by atoms with van der Waals surface area (Å²) in [6, 6.07) is 10.6. The van der Waals surface area contributed by atoms with Crippen LogP contribution in [0.5, 0.6) is 0 Å². The zero-order chi connectivity index (χ0) is 13.0. The lowest BCUT2D eigenvalue weighted by Gasteiger charge is -1.88. The maximum Gasteiger partial charge on any atom is 0.291 e. The largest absolute Gasteiger partial charge is 0.328 e.